The number of hydrogen-bond acceptors (Lipinski definition) is 1. The van der Waals surface area contributed by atoms with E-state index < -0.39 is 0 Å². The Morgan fingerprint density at radius 3 is 2.17 bits per heavy atom. The Bertz CT molecular complexity index is 309. The molecule has 3 rings (SSSR count). The molecule has 3 atom stereocenters. The third kappa shape index (κ3) is 1.94. The van der Waals surface area contributed by atoms with Crippen LogP contribution < -0.4 is 5.32 Å². The fourth-order valence-electron chi connectivity index (χ4n) is 5.38. The van der Waals surface area contributed by atoms with Crippen molar-refractivity contribution in [2.45, 2.75) is 84.7 Å². The van der Waals surface area contributed by atoms with E-state index in [4.69, 9.17) is 0 Å². The van der Waals surface area contributed by atoms with E-state index >= 15 is 0 Å². The van der Waals surface area contributed by atoms with Crippen LogP contribution in [-0.4, -0.2) is 12.1 Å². The third-order valence-corrected chi connectivity index (χ3v) is 6.69. The van der Waals surface area contributed by atoms with E-state index in [9.17, 15) is 0 Å². The third-order valence-electron chi connectivity index (χ3n) is 6.69. The summed E-state index contributed by atoms with van der Waals surface area (Å²) < 4.78 is 0. The van der Waals surface area contributed by atoms with Crippen LogP contribution >= 0.6 is 0 Å². The summed E-state index contributed by atoms with van der Waals surface area (Å²) in [6, 6.07) is 1.57. The maximum absolute atomic E-state index is 4.10. The first kappa shape index (κ1) is 13.0. The molecule has 1 nitrogen and oxygen atoms in total. The zero-order valence-corrected chi connectivity index (χ0v) is 12.8. The van der Waals surface area contributed by atoms with E-state index in [0.29, 0.717) is 10.8 Å². The average molecular weight is 249 g/mol. The Morgan fingerprint density at radius 1 is 0.944 bits per heavy atom. The van der Waals surface area contributed by atoms with Gasteiger partial charge in [-0.1, -0.05) is 27.7 Å². The summed E-state index contributed by atoms with van der Waals surface area (Å²) in [5, 5.41) is 4.10. The monoisotopic (exact) mass is 249 g/mol. The fourth-order valence-corrected chi connectivity index (χ4v) is 5.38. The maximum Gasteiger partial charge on any atom is 0.0177 e. The second-order valence-electron chi connectivity index (χ2n) is 8.47. The Hall–Kier alpha value is -0.0400. The molecule has 0 aromatic carbocycles. The second kappa shape index (κ2) is 4.23. The predicted octanol–water partition coefficient (Wildman–Crippen LogP) is 4.37. The van der Waals surface area contributed by atoms with Gasteiger partial charge in [-0.2, -0.15) is 0 Å². The van der Waals surface area contributed by atoms with Crippen LogP contribution in [0.15, 0.2) is 0 Å². The van der Waals surface area contributed by atoms with Gasteiger partial charge in [0.05, 0.1) is 0 Å². The number of fused-ring (bicyclic) bond motifs is 2. The van der Waals surface area contributed by atoms with Gasteiger partial charge >= 0.3 is 0 Å². The second-order valence-corrected chi connectivity index (χ2v) is 8.47. The first-order valence-corrected chi connectivity index (χ1v) is 8.18. The predicted molar refractivity (Wildman–Crippen MR) is 77.6 cm³/mol. The molecule has 1 heteroatoms. The molecule has 0 spiro atoms. The molecule has 0 radical (unpaired) electrons. The van der Waals surface area contributed by atoms with E-state index in [2.05, 4.69) is 33.0 Å². The van der Waals surface area contributed by atoms with Gasteiger partial charge in [-0.3, -0.25) is 0 Å². The summed E-state index contributed by atoms with van der Waals surface area (Å²) in [6.07, 6.45) is 10.1. The smallest absolute Gasteiger partial charge is 0.0177 e. The van der Waals surface area contributed by atoms with Gasteiger partial charge in [0.25, 0.3) is 0 Å². The lowest BCUT2D eigenvalue weighted by Gasteiger charge is -2.46. The van der Waals surface area contributed by atoms with Gasteiger partial charge < -0.3 is 5.32 Å². The average Bonchev–Trinajstić information content (AvgIpc) is 2.78. The molecule has 3 aliphatic rings. The molecule has 0 amide bonds. The van der Waals surface area contributed by atoms with Crippen LogP contribution in [0.5, 0.6) is 0 Å². The molecular weight excluding hydrogens is 218 g/mol. The molecule has 2 bridgehead atoms. The molecule has 3 aliphatic carbocycles. The summed E-state index contributed by atoms with van der Waals surface area (Å²) in [5.74, 6) is 1.94. The summed E-state index contributed by atoms with van der Waals surface area (Å²) >= 11 is 0. The molecule has 3 saturated carbocycles. The zero-order valence-electron chi connectivity index (χ0n) is 12.8. The first-order valence-electron chi connectivity index (χ1n) is 8.18. The number of nitrogens with one attached hydrogen (secondary N) is 1. The highest BCUT2D eigenvalue weighted by Gasteiger charge is 2.59. The van der Waals surface area contributed by atoms with Gasteiger partial charge in [0, 0.05) is 12.1 Å². The van der Waals surface area contributed by atoms with Gasteiger partial charge in [-0.05, 0) is 67.6 Å². The molecule has 18 heavy (non-hydrogen) atoms. The fraction of sp³-hybridized carbons (Fsp3) is 1.00. The molecule has 0 aliphatic heterocycles. The molecular formula is C17H31N. The molecule has 0 heterocycles. The van der Waals surface area contributed by atoms with Crippen molar-refractivity contribution in [3.05, 3.63) is 0 Å². The summed E-state index contributed by atoms with van der Waals surface area (Å²) in [4.78, 5) is 0. The molecule has 0 saturated heterocycles. The lowest BCUT2D eigenvalue weighted by Crippen LogP contribution is -2.54. The SMILES string of the molecule is CC1CCC(NC2C3(C)CCC(C3)C2(C)C)CC1. The summed E-state index contributed by atoms with van der Waals surface area (Å²) in [5.41, 5.74) is 1.12. The van der Waals surface area contributed by atoms with Crippen LogP contribution in [0.4, 0.5) is 0 Å². The van der Waals surface area contributed by atoms with Crippen molar-refractivity contribution in [2.24, 2.45) is 22.7 Å². The Kier molecular flexibility index (Phi) is 3.05. The summed E-state index contributed by atoms with van der Waals surface area (Å²) in [7, 11) is 0. The minimum atomic E-state index is 0.524. The van der Waals surface area contributed by atoms with Crippen molar-refractivity contribution in [1.29, 1.82) is 0 Å². The minimum absolute atomic E-state index is 0.524. The van der Waals surface area contributed by atoms with Gasteiger partial charge in [0.2, 0.25) is 0 Å². The van der Waals surface area contributed by atoms with Crippen molar-refractivity contribution in [3.63, 3.8) is 0 Å². The highest BCUT2D eigenvalue weighted by Crippen LogP contribution is 2.62. The lowest BCUT2D eigenvalue weighted by atomic mass is 9.68. The largest absolute Gasteiger partial charge is 0.310 e. The Morgan fingerprint density at radius 2 is 1.61 bits per heavy atom. The minimum Gasteiger partial charge on any atom is -0.310 e. The molecule has 0 aromatic rings. The molecule has 104 valence electrons. The normalized spacial score (nSPS) is 50.7. The van der Waals surface area contributed by atoms with Crippen LogP contribution in [0.3, 0.4) is 0 Å². The van der Waals surface area contributed by atoms with Gasteiger partial charge in [-0.25, -0.2) is 0 Å². The van der Waals surface area contributed by atoms with E-state index in [0.717, 1.165) is 23.9 Å². The maximum atomic E-state index is 4.10. The standard InChI is InChI=1S/C17H31N/c1-12-5-7-14(8-6-12)18-15-16(2,3)13-9-10-17(15,4)11-13/h12-15,18H,5-11H2,1-4H3. The molecule has 3 fully saturated rings. The molecule has 0 aromatic heterocycles. The van der Waals surface area contributed by atoms with Crippen LogP contribution in [0, 0.1) is 22.7 Å². The quantitative estimate of drug-likeness (QED) is 0.766. The van der Waals surface area contributed by atoms with Crippen molar-refractivity contribution < 1.29 is 0 Å². The van der Waals surface area contributed by atoms with Crippen molar-refractivity contribution in [2.75, 3.05) is 0 Å². The van der Waals surface area contributed by atoms with Crippen molar-refractivity contribution in [1.82, 2.24) is 5.32 Å². The van der Waals surface area contributed by atoms with Crippen LogP contribution in [0.1, 0.15) is 72.6 Å². The summed E-state index contributed by atoms with van der Waals surface area (Å²) in [6.45, 7) is 10.0. The van der Waals surface area contributed by atoms with Gasteiger partial charge in [-0.15, -0.1) is 0 Å². The lowest BCUT2D eigenvalue weighted by molar-refractivity contribution is 0.0898. The van der Waals surface area contributed by atoms with E-state index in [1.54, 1.807) is 0 Å². The first-order chi connectivity index (χ1) is 8.42. The topological polar surface area (TPSA) is 12.0 Å². The Balaban J connectivity index is 1.68. The van der Waals surface area contributed by atoms with Gasteiger partial charge in [0.1, 0.15) is 0 Å². The molecule has 3 unspecified atom stereocenters. The number of rotatable bonds is 2. The van der Waals surface area contributed by atoms with E-state index in [1.807, 2.05) is 0 Å². The van der Waals surface area contributed by atoms with Crippen LogP contribution in [-0.2, 0) is 0 Å². The highest BCUT2D eigenvalue weighted by molar-refractivity contribution is 5.12. The Labute approximate surface area is 113 Å². The van der Waals surface area contributed by atoms with E-state index in [1.165, 1.54) is 44.9 Å². The highest BCUT2D eigenvalue weighted by atomic mass is 15.0. The molecule has 1 N–H and O–H groups in total. The van der Waals surface area contributed by atoms with Crippen molar-refractivity contribution >= 4 is 0 Å². The van der Waals surface area contributed by atoms with Crippen LogP contribution in [0.25, 0.3) is 0 Å². The van der Waals surface area contributed by atoms with Gasteiger partial charge in [0.15, 0.2) is 0 Å². The van der Waals surface area contributed by atoms with E-state index in [-0.39, 0.29) is 0 Å². The number of hydrogen-bond donors (Lipinski definition) is 1. The van der Waals surface area contributed by atoms with Crippen molar-refractivity contribution in [3.8, 4) is 0 Å². The van der Waals surface area contributed by atoms with Crippen LogP contribution in [0.2, 0.25) is 0 Å². The zero-order chi connectivity index (χ0) is 13.0.